The minimum absolute atomic E-state index is 0.0273. The molecule has 1 unspecified atom stereocenters. The quantitative estimate of drug-likeness (QED) is 0.0869. The number of aromatic nitrogens is 2. The molecule has 0 aliphatic carbocycles. The Morgan fingerprint density at radius 2 is 1.58 bits per heavy atom. The standard InChI is InChI=1S/C31H51N4O12P/c1-19(2)35(20(3)4)48(44-14-12-13-32)47-46-24-22(16-36)45-23(25(24)41-11)21-15-33(17-42-27(38)30(5,6)7)29(40)34(26(21)37)18-43-28(39)31(8,9)10/h15,19-20,22-25,36H,12,14,16-18H2,1-11H3/t22-,23+,24-,25+,48?/m1/s1. The predicted molar refractivity (Wildman–Crippen MR) is 173 cm³/mol. The Labute approximate surface area is 282 Å². The molecule has 2 rings (SSSR count). The van der Waals surface area contributed by atoms with Crippen LogP contribution in [0, 0.1) is 22.2 Å². The minimum atomic E-state index is -1.85. The van der Waals surface area contributed by atoms with Gasteiger partial charge in [0, 0.05) is 25.4 Å². The third-order valence-electron chi connectivity index (χ3n) is 7.10. The Bertz CT molecular complexity index is 1380. The molecule has 48 heavy (non-hydrogen) atoms. The van der Waals surface area contributed by atoms with E-state index in [1.165, 1.54) is 13.3 Å². The summed E-state index contributed by atoms with van der Waals surface area (Å²) < 4.78 is 37.8. The highest BCUT2D eigenvalue weighted by Gasteiger charge is 2.49. The van der Waals surface area contributed by atoms with E-state index in [0.29, 0.717) is 4.57 Å². The zero-order valence-corrected chi connectivity index (χ0v) is 30.6. The third-order valence-corrected chi connectivity index (χ3v) is 9.01. The number of aliphatic hydroxyl groups is 1. The summed E-state index contributed by atoms with van der Waals surface area (Å²) in [5.74, 6) is -1.26. The van der Waals surface area contributed by atoms with Crippen molar-refractivity contribution in [2.24, 2.45) is 10.8 Å². The van der Waals surface area contributed by atoms with Crippen molar-refractivity contribution in [3.05, 3.63) is 32.6 Å². The van der Waals surface area contributed by atoms with Gasteiger partial charge in [-0.15, -0.1) is 0 Å². The van der Waals surface area contributed by atoms with Crippen LogP contribution in [0.25, 0.3) is 0 Å². The molecule has 1 aromatic rings. The van der Waals surface area contributed by atoms with Gasteiger partial charge < -0.3 is 28.6 Å². The summed E-state index contributed by atoms with van der Waals surface area (Å²) in [5.41, 5.74) is -3.69. The molecule has 0 amide bonds. The van der Waals surface area contributed by atoms with Gasteiger partial charge in [0.05, 0.1) is 42.1 Å². The first-order valence-corrected chi connectivity index (χ1v) is 16.8. The van der Waals surface area contributed by atoms with Crippen molar-refractivity contribution in [2.75, 3.05) is 20.3 Å². The Hall–Kier alpha value is -2.74. The van der Waals surface area contributed by atoms with E-state index in [9.17, 15) is 24.3 Å². The molecule has 1 aliphatic heterocycles. The molecule has 1 N–H and O–H groups in total. The van der Waals surface area contributed by atoms with Gasteiger partial charge in [-0.25, -0.2) is 18.9 Å². The van der Waals surface area contributed by atoms with Crippen molar-refractivity contribution in [1.29, 1.82) is 5.26 Å². The van der Waals surface area contributed by atoms with E-state index >= 15 is 0 Å². The van der Waals surface area contributed by atoms with Crippen molar-refractivity contribution >= 4 is 20.5 Å². The van der Waals surface area contributed by atoms with Crippen LogP contribution in [0.5, 0.6) is 0 Å². The Balaban J connectivity index is 2.55. The number of carbonyl (C=O) groups is 2. The highest BCUT2D eigenvalue weighted by molar-refractivity contribution is 7.44. The number of carbonyl (C=O) groups excluding carboxylic acids is 2. The molecule has 0 aromatic carbocycles. The molecular formula is C31H51N4O12P. The van der Waals surface area contributed by atoms with E-state index in [2.05, 4.69) is 0 Å². The van der Waals surface area contributed by atoms with Crippen LogP contribution in [0.1, 0.15) is 87.3 Å². The maximum absolute atomic E-state index is 13.8. The summed E-state index contributed by atoms with van der Waals surface area (Å²) in [6.07, 6.45) is -3.15. The molecule has 272 valence electrons. The molecule has 5 atom stereocenters. The smallest absolute Gasteiger partial charge is 0.336 e. The highest BCUT2D eigenvalue weighted by atomic mass is 31.2. The summed E-state index contributed by atoms with van der Waals surface area (Å²) in [6, 6.07) is 1.97. The molecule has 1 saturated heterocycles. The van der Waals surface area contributed by atoms with Crippen LogP contribution in [0.2, 0.25) is 0 Å². The summed E-state index contributed by atoms with van der Waals surface area (Å²) in [6.45, 7) is 15.8. The Morgan fingerprint density at radius 1 is 1.02 bits per heavy atom. The topological polar surface area (TPSA) is 190 Å². The van der Waals surface area contributed by atoms with E-state index < -0.39 is 87.0 Å². The van der Waals surface area contributed by atoms with Crippen LogP contribution >= 0.6 is 8.53 Å². The van der Waals surface area contributed by atoms with Crippen molar-refractivity contribution in [1.82, 2.24) is 13.8 Å². The number of hydrogen-bond acceptors (Lipinski definition) is 14. The largest absolute Gasteiger partial charge is 0.443 e. The SMILES string of the molecule is CO[C@@H]1[C@H](OOP(OCCC#N)N(C(C)C)C(C)C)[C@@H](CO)O[C@H]1c1cn(COC(=O)C(C)(C)C)c(=O)n(COC(=O)C(C)(C)C)c1=O. The molecule has 16 nitrogen and oxygen atoms in total. The van der Waals surface area contributed by atoms with Gasteiger partial charge in [-0.05, 0) is 69.2 Å². The van der Waals surface area contributed by atoms with Crippen LogP contribution in [0.4, 0.5) is 0 Å². The lowest BCUT2D eigenvalue weighted by Crippen LogP contribution is -2.45. The van der Waals surface area contributed by atoms with E-state index in [-0.39, 0.29) is 30.7 Å². The third kappa shape index (κ3) is 10.6. The molecule has 1 aromatic heterocycles. The molecule has 17 heteroatoms. The second kappa shape index (κ2) is 17.8. The number of ether oxygens (including phenoxy) is 4. The van der Waals surface area contributed by atoms with Crippen molar-refractivity contribution in [2.45, 2.75) is 126 Å². The normalized spacial score (nSPS) is 20.7. The van der Waals surface area contributed by atoms with Crippen LogP contribution in [0.15, 0.2) is 15.8 Å². The summed E-state index contributed by atoms with van der Waals surface area (Å²) in [5, 5.41) is 19.3. The van der Waals surface area contributed by atoms with Gasteiger partial charge in [0.15, 0.2) is 19.6 Å². The number of esters is 2. The highest BCUT2D eigenvalue weighted by Crippen LogP contribution is 2.48. The monoisotopic (exact) mass is 702 g/mol. The second-order valence-electron chi connectivity index (χ2n) is 13.9. The van der Waals surface area contributed by atoms with Crippen molar-refractivity contribution < 1.29 is 47.7 Å². The molecule has 1 fully saturated rings. The van der Waals surface area contributed by atoms with Gasteiger partial charge in [-0.2, -0.15) is 9.94 Å². The average molecular weight is 703 g/mol. The number of methoxy groups -OCH3 is 1. The summed E-state index contributed by atoms with van der Waals surface area (Å²) >= 11 is 0. The predicted octanol–water partition coefficient (Wildman–Crippen LogP) is 3.14. The molecule has 0 spiro atoms. The second-order valence-corrected chi connectivity index (χ2v) is 15.2. The van der Waals surface area contributed by atoms with Gasteiger partial charge in [-0.1, -0.05) is 0 Å². The fourth-order valence-electron chi connectivity index (χ4n) is 4.62. The van der Waals surface area contributed by atoms with Gasteiger partial charge >= 0.3 is 17.6 Å². The average Bonchev–Trinajstić information content (AvgIpc) is 3.34. The van der Waals surface area contributed by atoms with E-state index in [1.807, 2.05) is 38.4 Å². The summed E-state index contributed by atoms with van der Waals surface area (Å²) in [4.78, 5) is 58.2. The molecule has 2 heterocycles. The van der Waals surface area contributed by atoms with Crippen LogP contribution in [-0.2, 0) is 56.1 Å². The lowest BCUT2D eigenvalue weighted by Gasteiger charge is -2.35. The Kier molecular flexibility index (Phi) is 15.3. The van der Waals surface area contributed by atoms with Crippen molar-refractivity contribution in [3.63, 3.8) is 0 Å². The van der Waals surface area contributed by atoms with Crippen LogP contribution in [-0.4, -0.2) is 81.6 Å². The van der Waals surface area contributed by atoms with Crippen molar-refractivity contribution in [3.8, 4) is 6.07 Å². The molecule has 0 bridgehead atoms. The maximum Gasteiger partial charge on any atom is 0.336 e. The van der Waals surface area contributed by atoms with E-state index in [1.54, 1.807) is 41.5 Å². The fourth-order valence-corrected chi connectivity index (χ4v) is 6.04. The zero-order valence-electron chi connectivity index (χ0n) is 29.8. The molecule has 0 saturated carbocycles. The first-order valence-electron chi connectivity index (χ1n) is 15.7. The maximum atomic E-state index is 13.8. The lowest BCUT2D eigenvalue weighted by molar-refractivity contribution is -0.276. The number of rotatable bonds is 16. The summed E-state index contributed by atoms with van der Waals surface area (Å²) in [7, 11) is -0.501. The van der Waals surface area contributed by atoms with Gasteiger partial charge in [0.2, 0.25) is 0 Å². The van der Waals surface area contributed by atoms with E-state index in [4.69, 9.17) is 38.3 Å². The van der Waals surface area contributed by atoms with Gasteiger partial charge in [-0.3, -0.25) is 19.0 Å². The minimum Gasteiger partial charge on any atom is -0.443 e. The van der Waals surface area contributed by atoms with Crippen LogP contribution < -0.4 is 11.2 Å². The number of nitrogens with zero attached hydrogens (tertiary/aromatic N) is 4. The van der Waals surface area contributed by atoms with Crippen LogP contribution in [0.3, 0.4) is 0 Å². The fraction of sp³-hybridized carbons (Fsp3) is 0.774. The molecular weight excluding hydrogens is 651 g/mol. The molecule has 1 aliphatic rings. The zero-order chi connectivity index (χ0) is 36.6. The van der Waals surface area contributed by atoms with Gasteiger partial charge in [0.25, 0.3) is 14.1 Å². The molecule has 0 radical (unpaired) electrons. The van der Waals surface area contributed by atoms with E-state index in [0.717, 1.165) is 4.57 Å². The first kappa shape index (κ1) is 41.4. The number of aliphatic hydroxyl groups excluding tert-OH is 1. The number of nitriles is 1. The number of hydrogen-bond donors (Lipinski definition) is 1. The Morgan fingerprint density at radius 3 is 2.06 bits per heavy atom. The van der Waals surface area contributed by atoms with Gasteiger partial charge in [0.1, 0.15) is 18.3 Å². The lowest BCUT2D eigenvalue weighted by atomic mass is 9.97. The first-order chi connectivity index (χ1) is 22.3.